The zero-order valence-corrected chi connectivity index (χ0v) is 14.0. The van der Waals surface area contributed by atoms with Gasteiger partial charge in [-0.2, -0.15) is 0 Å². The SMILES string of the molecule is CN(C)Cc1ccc(NCc2cccc(/C=C/C(=O)NO)c2)cc1. The van der Waals surface area contributed by atoms with E-state index in [0.29, 0.717) is 6.54 Å². The number of hydroxylamine groups is 1. The second-order valence-corrected chi connectivity index (χ2v) is 5.84. The lowest BCUT2D eigenvalue weighted by Gasteiger charge is -2.11. The topological polar surface area (TPSA) is 64.6 Å². The van der Waals surface area contributed by atoms with Crippen molar-refractivity contribution in [3.05, 3.63) is 71.3 Å². The summed E-state index contributed by atoms with van der Waals surface area (Å²) in [7, 11) is 4.11. The minimum atomic E-state index is -0.545. The van der Waals surface area contributed by atoms with Gasteiger partial charge >= 0.3 is 0 Å². The fourth-order valence-electron chi connectivity index (χ4n) is 2.31. The van der Waals surface area contributed by atoms with Crippen molar-refractivity contribution in [1.82, 2.24) is 10.4 Å². The van der Waals surface area contributed by atoms with Gasteiger partial charge in [-0.15, -0.1) is 0 Å². The van der Waals surface area contributed by atoms with Crippen LogP contribution in [0.3, 0.4) is 0 Å². The Labute approximate surface area is 142 Å². The molecule has 0 aliphatic heterocycles. The molecule has 0 fully saturated rings. The van der Waals surface area contributed by atoms with Crippen molar-refractivity contribution in [3.8, 4) is 0 Å². The molecule has 0 aromatic heterocycles. The molecule has 0 unspecified atom stereocenters. The van der Waals surface area contributed by atoms with E-state index in [1.807, 2.05) is 24.3 Å². The van der Waals surface area contributed by atoms with E-state index in [4.69, 9.17) is 5.21 Å². The third-order valence-corrected chi connectivity index (χ3v) is 3.44. The number of nitrogens with one attached hydrogen (secondary N) is 2. The van der Waals surface area contributed by atoms with Crippen molar-refractivity contribution in [2.45, 2.75) is 13.1 Å². The molecule has 0 spiro atoms. The summed E-state index contributed by atoms with van der Waals surface area (Å²) in [5, 5.41) is 11.9. The molecule has 0 aliphatic carbocycles. The number of hydrogen-bond acceptors (Lipinski definition) is 4. The van der Waals surface area contributed by atoms with Crippen LogP contribution in [0.4, 0.5) is 5.69 Å². The van der Waals surface area contributed by atoms with E-state index in [2.05, 4.69) is 48.6 Å². The van der Waals surface area contributed by atoms with E-state index in [9.17, 15) is 4.79 Å². The molecule has 126 valence electrons. The molecule has 5 heteroatoms. The first-order valence-electron chi connectivity index (χ1n) is 7.75. The molecule has 0 saturated carbocycles. The van der Waals surface area contributed by atoms with Crippen molar-refractivity contribution in [2.75, 3.05) is 19.4 Å². The molecule has 3 N–H and O–H groups in total. The highest BCUT2D eigenvalue weighted by Crippen LogP contribution is 2.13. The number of anilines is 1. The van der Waals surface area contributed by atoms with Gasteiger partial charge in [0.05, 0.1) is 0 Å². The predicted molar refractivity (Wildman–Crippen MR) is 96.6 cm³/mol. The van der Waals surface area contributed by atoms with Gasteiger partial charge in [0.15, 0.2) is 0 Å². The third kappa shape index (κ3) is 5.87. The van der Waals surface area contributed by atoms with Gasteiger partial charge in [-0.05, 0) is 55.1 Å². The molecule has 2 aromatic carbocycles. The number of benzene rings is 2. The Morgan fingerprint density at radius 3 is 2.54 bits per heavy atom. The molecule has 0 atom stereocenters. The molecule has 5 nitrogen and oxygen atoms in total. The maximum absolute atomic E-state index is 11.0. The van der Waals surface area contributed by atoms with E-state index in [1.54, 1.807) is 11.6 Å². The minimum absolute atomic E-state index is 0.545. The van der Waals surface area contributed by atoms with Crippen molar-refractivity contribution in [1.29, 1.82) is 0 Å². The van der Waals surface area contributed by atoms with Gasteiger partial charge in [0.25, 0.3) is 5.91 Å². The number of carbonyl (C=O) groups is 1. The van der Waals surface area contributed by atoms with Gasteiger partial charge < -0.3 is 10.2 Å². The van der Waals surface area contributed by atoms with Crippen LogP contribution in [0.2, 0.25) is 0 Å². The number of rotatable bonds is 7. The molecule has 2 rings (SSSR count). The zero-order chi connectivity index (χ0) is 17.4. The van der Waals surface area contributed by atoms with E-state index in [0.717, 1.165) is 23.4 Å². The Kier molecular flexibility index (Phi) is 6.54. The van der Waals surface area contributed by atoms with E-state index in [-0.39, 0.29) is 0 Å². The Bertz CT molecular complexity index is 694. The summed E-state index contributed by atoms with van der Waals surface area (Å²) in [5.41, 5.74) is 5.93. The first-order chi connectivity index (χ1) is 11.6. The summed E-state index contributed by atoms with van der Waals surface area (Å²) in [5.74, 6) is -0.545. The van der Waals surface area contributed by atoms with Crippen LogP contribution in [-0.4, -0.2) is 30.1 Å². The van der Waals surface area contributed by atoms with Crippen molar-refractivity contribution >= 4 is 17.7 Å². The maximum Gasteiger partial charge on any atom is 0.267 e. The number of nitrogens with zero attached hydrogens (tertiary/aromatic N) is 1. The third-order valence-electron chi connectivity index (χ3n) is 3.44. The molecule has 0 saturated heterocycles. The average molecular weight is 325 g/mol. The van der Waals surface area contributed by atoms with Crippen LogP contribution in [0, 0.1) is 0 Å². The Hall–Kier alpha value is -2.63. The standard InChI is InChI=1S/C19H23N3O2/c1-22(2)14-16-6-9-18(10-7-16)20-13-17-5-3-4-15(12-17)8-11-19(23)21-24/h3-12,20,24H,13-14H2,1-2H3,(H,21,23)/b11-8+. The van der Waals surface area contributed by atoms with Crippen LogP contribution in [0.25, 0.3) is 6.08 Å². The summed E-state index contributed by atoms with van der Waals surface area (Å²) in [6.07, 6.45) is 2.95. The summed E-state index contributed by atoms with van der Waals surface area (Å²) in [6, 6.07) is 16.3. The Balaban J connectivity index is 1.94. The smallest absolute Gasteiger partial charge is 0.267 e. The summed E-state index contributed by atoms with van der Waals surface area (Å²) in [6.45, 7) is 1.62. The first-order valence-corrected chi connectivity index (χ1v) is 7.75. The van der Waals surface area contributed by atoms with E-state index < -0.39 is 5.91 Å². The molecule has 0 aliphatic rings. The van der Waals surface area contributed by atoms with Crippen LogP contribution in [0.1, 0.15) is 16.7 Å². The van der Waals surface area contributed by atoms with E-state index in [1.165, 1.54) is 11.6 Å². The molecule has 2 aromatic rings. The second-order valence-electron chi connectivity index (χ2n) is 5.84. The van der Waals surface area contributed by atoms with Crippen LogP contribution in [0.5, 0.6) is 0 Å². The van der Waals surface area contributed by atoms with Gasteiger partial charge in [0, 0.05) is 24.9 Å². The molecule has 0 bridgehead atoms. The van der Waals surface area contributed by atoms with Gasteiger partial charge in [0.2, 0.25) is 0 Å². The number of amides is 1. The Morgan fingerprint density at radius 2 is 1.88 bits per heavy atom. The van der Waals surface area contributed by atoms with E-state index >= 15 is 0 Å². The minimum Gasteiger partial charge on any atom is -0.381 e. The summed E-state index contributed by atoms with van der Waals surface area (Å²) < 4.78 is 0. The molecular weight excluding hydrogens is 302 g/mol. The lowest BCUT2D eigenvalue weighted by molar-refractivity contribution is -0.124. The Morgan fingerprint density at radius 1 is 1.12 bits per heavy atom. The van der Waals surface area contributed by atoms with Crippen molar-refractivity contribution in [3.63, 3.8) is 0 Å². The molecule has 1 amide bonds. The largest absolute Gasteiger partial charge is 0.381 e. The normalized spacial score (nSPS) is 11.0. The number of hydrogen-bond donors (Lipinski definition) is 3. The lowest BCUT2D eigenvalue weighted by Crippen LogP contribution is -2.14. The predicted octanol–water partition coefficient (Wildman–Crippen LogP) is 2.88. The quantitative estimate of drug-likeness (QED) is 0.416. The fourth-order valence-corrected chi connectivity index (χ4v) is 2.31. The summed E-state index contributed by atoms with van der Waals surface area (Å²) >= 11 is 0. The highest BCUT2D eigenvalue weighted by Gasteiger charge is 1.98. The fraction of sp³-hybridized carbons (Fsp3) is 0.211. The highest BCUT2D eigenvalue weighted by molar-refractivity contribution is 5.90. The monoisotopic (exact) mass is 325 g/mol. The van der Waals surface area contributed by atoms with Crippen molar-refractivity contribution in [2.24, 2.45) is 0 Å². The lowest BCUT2D eigenvalue weighted by atomic mass is 10.1. The van der Waals surface area contributed by atoms with Crippen molar-refractivity contribution < 1.29 is 10.0 Å². The van der Waals surface area contributed by atoms with Gasteiger partial charge in [-0.3, -0.25) is 10.0 Å². The van der Waals surface area contributed by atoms with Crippen LogP contribution in [-0.2, 0) is 17.9 Å². The van der Waals surface area contributed by atoms with Gasteiger partial charge in [0.1, 0.15) is 0 Å². The molecule has 0 radical (unpaired) electrons. The first kappa shape index (κ1) is 17.7. The number of carbonyl (C=O) groups excluding carboxylic acids is 1. The van der Waals surface area contributed by atoms with Crippen LogP contribution < -0.4 is 10.8 Å². The highest BCUT2D eigenvalue weighted by atomic mass is 16.5. The average Bonchev–Trinajstić information content (AvgIpc) is 2.59. The van der Waals surface area contributed by atoms with Gasteiger partial charge in [-0.25, -0.2) is 5.48 Å². The maximum atomic E-state index is 11.0. The zero-order valence-electron chi connectivity index (χ0n) is 14.0. The summed E-state index contributed by atoms with van der Waals surface area (Å²) in [4.78, 5) is 13.1. The van der Waals surface area contributed by atoms with Gasteiger partial charge in [-0.1, -0.05) is 30.3 Å². The second kappa shape index (κ2) is 8.86. The molecular formula is C19H23N3O2. The van der Waals surface area contributed by atoms with Crippen LogP contribution in [0.15, 0.2) is 54.6 Å². The molecule has 24 heavy (non-hydrogen) atoms. The molecule has 0 heterocycles. The van der Waals surface area contributed by atoms with Crippen LogP contribution >= 0.6 is 0 Å².